The smallest absolute Gasteiger partial charge is 0.167 e. The van der Waals surface area contributed by atoms with Crippen molar-refractivity contribution in [3.63, 3.8) is 0 Å². The van der Waals surface area contributed by atoms with E-state index in [1.54, 1.807) is 22.6 Å². The van der Waals surface area contributed by atoms with E-state index in [2.05, 4.69) is 0 Å². The summed E-state index contributed by atoms with van der Waals surface area (Å²) >= 11 is 1.75. The van der Waals surface area contributed by atoms with Crippen molar-refractivity contribution in [1.82, 2.24) is 0 Å². The van der Waals surface area contributed by atoms with Crippen LogP contribution in [0.4, 0.5) is 0 Å². The van der Waals surface area contributed by atoms with Crippen molar-refractivity contribution in [2.24, 2.45) is 0 Å². The van der Waals surface area contributed by atoms with Crippen molar-refractivity contribution in [3.05, 3.63) is 15.2 Å². The molecule has 4 nitrogen and oxygen atoms in total. The van der Waals surface area contributed by atoms with E-state index < -0.39 is 0 Å². The number of aromatic hydroxyl groups is 2. The number of phenolic OH excluding ortho intramolecular Hbond substituents is 2. The Balaban J connectivity index is 3.53. The number of carbonyl (C=O) groups excluding carboxylic acids is 1. The van der Waals surface area contributed by atoms with Gasteiger partial charge in [-0.3, -0.25) is 4.79 Å². The maximum Gasteiger partial charge on any atom is 0.167 e. The fourth-order valence-electron chi connectivity index (χ4n) is 1.11. The number of halogens is 1. The highest BCUT2D eigenvalue weighted by Crippen LogP contribution is 2.38. The van der Waals surface area contributed by atoms with Crippen molar-refractivity contribution in [1.29, 1.82) is 0 Å². The highest BCUT2D eigenvalue weighted by molar-refractivity contribution is 14.1. The first-order valence-corrected chi connectivity index (χ1v) is 4.86. The molecule has 0 amide bonds. The molecule has 0 saturated heterocycles. The lowest BCUT2D eigenvalue weighted by atomic mass is 10.1. The average molecular weight is 308 g/mol. The maximum atomic E-state index is 11.2. The lowest BCUT2D eigenvalue weighted by Gasteiger charge is -2.10. The molecule has 76 valence electrons. The van der Waals surface area contributed by atoms with Gasteiger partial charge in [0.25, 0.3) is 0 Å². The van der Waals surface area contributed by atoms with Crippen molar-refractivity contribution in [2.45, 2.75) is 6.92 Å². The largest absolute Gasteiger partial charge is 0.507 e. The second kappa shape index (κ2) is 4.04. The van der Waals surface area contributed by atoms with Gasteiger partial charge in [-0.1, -0.05) is 0 Å². The second-order valence-corrected chi connectivity index (χ2v) is 3.77. The summed E-state index contributed by atoms with van der Waals surface area (Å²) in [5, 5.41) is 19.0. The Morgan fingerprint density at radius 2 is 2.07 bits per heavy atom. The topological polar surface area (TPSA) is 66.8 Å². The van der Waals surface area contributed by atoms with Gasteiger partial charge in [0.1, 0.15) is 22.8 Å². The summed E-state index contributed by atoms with van der Waals surface area (Å²) in [6.07, 6.45) is 0. The zero-order valence-corrected chi connectivity index (χ0v) is 9.82. The Kier molecular flexibility index (Phi) is 3.20. The predicted octanol–water partition coefficient (Wildman–Crippen LogP) is 1.91. The molecule has 0 aromatic heterocycles. The number of ether oxygens (including phenoxy) is 1. The predicted molar refractivity (Wildman–Crippen MR) is 59.0 cm³/mol. The third-order valence-corrected chi connectivity index (χ3v) is 2.82. The van der Waals surface area contributed by atoms with Crippen molar-refractivity contribution >= 4 is 28.4 Å². The van der Waals surface area contributed by atoms with E-state index in [0.29, 0.717) is 0 Å². The Morgan fingerprint density at radius 1 is 1.50 bits per heavy atom. The van der Waals surface area contributed by atoms with Gasteiger partial charge in [-0.05, 0) is 29.5 Å². The van der Waals surface area contributed by atoms with Gasteiger partial charge in [0.2, 0.25) is 0 Å². The van der Waals surface area contributed by atoms with E-state index in [1.807, 2.05) is 0 Å². The van der Waals surface area contributed by atoms with Crippen molar-refractivity contribution in [3.8, 4) is 17.2 Å². The van der Waals surface area contributed by atoms with Crippen LogP contribution in [0.25, 0.3) is 0 Å². The highest BCUT2D eigenvalue weighted by Gasteiger charge is 2.19. The highest BCUT2D eigenvalue weighted by atomic mass is 127. The number of Topliss-reactive ketones (excluding diaryl/α,β-unsaturated/α-hetero) is 1. The van der Waals surface area contributed by atoms with Gasteiger partial charge in [-0.2, -0.15) is 0 Å². The molecule has 14 heavy (non-hydrogen) atoms. The number of methoxy groups -OCH3 is 1. The summed E-state index contributed by atoms with van der Waals surface area (Å²) in [6, 6.07) is 1.30. The van der Waals surface area contributed by atoms with Crippen LogP contribution in [0.1, 0.15) is 17.3 Å². The SMILES string of the molecule is COc1cc(O)c(I)c(O)c1C(C)=O. The molecule has 1 aromatic carbocycles. The Bertz CT molecular complexity index is 387. The first-order valence-electron chi connectivity index (χ1n) is 3.78. The van der Waals surface area contributed by atoms with Crippen LogP contribution in [0.3, 0.4) is 0 Å². The van der Waals surface area contributed by atoms with Crippen LogP contribution in [0.2, 0.25) is 0 Å². The molecule has 2 N–H and O–H groups in total. The first-order chi connectivity index (χ1) is 6.49. The molecule has 0 heterocycles. The molecule has 1 aromatic rings. The standard InChI is InChI=1S/C9H9IO4/c1-4(11)7-6(14-2)3-5(12)8(10)9(7)13/h3,12-13H,1-2H3. The molecule has 0 fully saturated rings. The number of benzene rings is 1. The molecule has 0 saturated carbocycles. The van der Waals surface area contributed by atoms with Gasteiger partial charge < -0.3 is 14.9 Å². The molecule has 1 rings (SSSR count). The van der Waals surface area contributed by atoms with Crippen LogP contribution in [-0.4, -0.2) is 23.1 Å². The van der Waals surface area contributed by atoms with Gasteiger partial charge in [0.15, 0.2) is 5.78 Å². The zero-order chi connectivity index (χ0) is 10.9. The van der Waals surface area contributed by atoms with Crippen LogP contribution in [0.5, 0.6) is 17.2 Å². The maximum absolute atomic E-state index is 11.2. The third-order valence-electron chi connectivity index (χ3n) is 1.76. The number of hydrogen-bond donors (Lipinski definition) is 2. The summed E-state index contributed by atoms with van der Waals surface area (Å²) in [6.45, 7) is 1.32. The minimum absolute atomic E-state index is 0.0923. The molecule has 0 aliphatic carbocycles. The van der Waals surface area contributed by atoms with E-state index in [-0.39, 0.29) is 32.2 Å². The lowest BCUT2D eigenvalue weighted by Crippen LogP contribution is -1.99. The van der Waals surface area contributed by atoms with Crippen LogP contribution in [0, 0.1) is 3.57 Å². The van der Waals surface area contributed by atoms with E-state index in [9.17, 15) is 15.0 Å². The molecular weight excluding hydrogens is 299 g/mol. The fraction of sp³-hybridized carbons (Fsp3) is 0.222. The van der Waals surface area contributed by atoms with Gasteiger partial charge in [-0.15, -0.1) is 0 Å². The van der Waals surface area contributed by atoms with E-state index >= 15 is 0 Å². The molecule has 5 heteroatoms. The molecule has 0 aliphatic rings. The number of ketones is 1. The first kappa shape index (κ1) is 11.1. The summed E-state index contributed by atoms with van der Waals surface area (Å²) in [5.74, 6) is -0.481. The monoisotopic (exact) mass is 308 g/mol. The number of phenols is 2. The Morgan fingerprint density at radius 3 is 2.50 bits per heavy atom. The van der Waals surface area contributed by atoms with Crippen molar-refractivity contribution < 1.29 is 19.7 Å². The minimum atomic E-state index is -0.308. The molecular formula is C9H9IO4. The zero-order valence-electron chi connectivity index (χ0n) is 7.67. The molecule has 0 unspecified atom stereocenters. The average Bonchev–Trinajstić information content (AvgIpc) is 2.12. The Hall–Kier alpha value is -0.980. The van der Waals surface area contributed by atoms with E-state index in [1.165, 1.54) is 20.1 Å². The molecule has 0 aliphatic heterocycles. The Labute approximate surface area is 94.7 Å². The fourth-order valence-corrected chi connectivity index (χ4v) is 1.53. The number of hydrogen-bond acceptors (Lipinski definition) is 4. The van der Waals surface area contributed by atoms with Gasteiger partial charge >= 0.3 is 0 Å². The quantitative estimate of drug-likeness (QED) is 0.647. The summed E-state index contributed by atoms with van der Waals surface area (Å²) < 4.78 is 5.12. The van der Waals surface area contributed by atoms with Gasteiger partial charge in [0.05, 0.1) is 10.7 Å². The number of rotatable bonds is 2. The molecule has 0 spiro atoms. The molecule has 0 bridgehead atoms. The normalized spacial score (nSPS) is 9.93. The second-order valence-electron chi connectivity index (χ2n) is 2.69. The van der Waals surface area contributed by atoms with E-state index in [0.717, 1.165) is 0 Å². The van der Waals surface area contributed by atoms with Crippen LogP contribution >= 0.6 is 22.6 Å². The van der Waals surface area contributed by atoms with Crippen molar-refractivity contribution in [2.75, 3.05) is 7.11 Å². The summed E-state index contributed by atoms with van der Waals surface area (Å²) in [4.78, 5) is 11.2. The number of carbonyl (C=O) groups is 1. The van der Waals surface area contributed by atoms with Gasteiger partial charge in [0, 0.05) is 6.07 Å². The van der Waals surface area contributed by atoms with E-state index in [4.69, 9.17) is 4.74 Å². The van der Waals surface area contributed by atoms with Crippen LogP contribution < -0.4 is 4.74 Å². The lowest BCUT2D eigenvalue weighted by molar-refractivity contribution is 0.101. The van der Waals surface area contributed by atoms with Crippen LogP contribution in [0.15, 0.2) is 6.07 Å². The molecule has 0 radical (unpaired) electrons. The molecule has 0 atom stereocenters. The van der Waals surface area contributed by atoms with Crippen LogP contribution in [-0.2, 0) is 0 Å². The third kappa shape index (κ3) is 1.77. The summed E-state index contributed by atoms with van der Waals surface area (Å²) in [5.41, 5.74) is 0.0923. The minimum Gasteiger partial charge on any atom is -0.507 e. The van der Waals surface area contributed by atoms with Gasteiger partial charge in [-0.25, -0.2) is 0 Å². The summed E-state index contributed by atoms with van der Waals surface area (Å²) in [7, 11) is 1.37.